The molecule has 0 fully saturated rings. The van der Waals surface area contributed by atoms with E-state index < -0.39 is 5.56 Å². The van der Waals surface area contributed by atoms with E-state index in [1.807, 2.05) is 0 Å². The second kappa shape index (κ2) is 7.02. The number of aromatic amines is 1. The van der Waals surface area contributed by atoms with Crippen molar-refractivity contribution in [2.75, 3.05) is 13.7 Å². The standard InChI is InChI=1S/C16H21NO4/c1-3-4-5-6-9-21-11-7-8-12-13(10-11)17-16(19)15(20-2)14(12)18/h7-8,10H,3-6,9H2,1-2H3,(H2,17,18,19). The van der Waals surface area contributed by atoms with E-state index in [4.69, 9.17) is 9.47 Å². The summed E-state index contributed by atoms with van der Waals surface area (Å²) in [5.74, 6) is 0.459. The lowest BCUT2D eigenvalue weighted by Crippen LogP contribution is -2.09. The summed E-state index contributed by atoms with van der Waals surface area (Å²) in [7, 11) is 1.35. The Labute approximate surface area is 123 Å². The van der Waals surface area contributed by atoms with E-state index in [0.29, 0.717) is 23.3 Å². The van der Waals surface area contributed by atoms with E-state index in [9.17, 15) is 9.90 Å². The van der Waals surface area contributed by atoms with Gasteiger partial charge in [-0.3, -0.25) is 4.79 Å². The minimum atomic E-state index is -0.456. The van der Waals surface area contributed by atoms with Gasteiger partial charge in [0.2, 0.25) is 5.75 Å². The molecule has 0 spiro atoms. The number of ether oxygens (including phenoxy) is 2. The van der Waals surface area contributed by atoms with Crippen LogP contribution < -0.4 is 15.0 Å². The van der Waals surface area contributed by atoms with Gasteiger partial charge in [0.1, 0.15) is 5.75 Å². The van der Waals surface area contributed by atoms with Gasteiger partial charge in [0.25, 0.3) is 5.56 Å². The van der Waals surface area contributed by atoms with E-state index in [0.717, 1.165) is 12.8 Å². The Hall–Kier alpha value is -2.17. The average molecular weight is 291 g/mol. The molecule has 1 heterocycles. The number of methoxy groups -OCH3 is 1. The molecule has 0 amide bonds. The predicted octanol–water partition coefficient (Wildman–Crippen LogP) is 3.20. The van der Waals surface area contributed by atoms with Gasteiger partial charge in [-0.05, 0) is 18.6 Å². The summed E-state index contributed by atoms with van der Waals surface area (Å²) >= 11 is 0. The third kappa shape index (κ3) is 3.48. The van der Waals surface area contributed by atoms with Crippen LogP contribution in [0.5, 0.6) is 17.2 Å². The number of H-pyrrole nitrogens is 1. The number of aromatic nitrogens is 1. The molecule has 0 unspecified atom stereocenters. The molecule has 0 aliphatic carbocycles. The minimum Gasteiger partial charge on any atom is -0.504 e. The van der Waals surface area contributed by atoms with Crippen LogP contribution in [0.1, 0.15) is 32.6 Å². The molecular weight excluding hydrogens is 270 g/mol. The van der Waals surface area contributed by atoms with Crippen LogP contribution in [0.25, 0.3) is 10.9 Å². The molecule has 21 heavy (non-hydrogen) atoms. The fraction of sp³-hybridized carbons (Fsp3) is 0.438. The molecule has 2 N–H and O–H groups in total. The van der Waals surface area contributed by atoms with Gasteiger partial charge in [0, 0.05) is 11.5 Å². The van der Waals surface area contributed by atoms with Crippen molar-refractivity contribution in [1.82, 2.24) is 4.98 Å². The summed E-state index contributed by atoms with van der Waals surface area (Å²) < 4.78 is 10.6. The third-order valence-corrected chi connectivity index (χ3v) is 3.39. The largest absolute Gasteiger partial charge is 0.504 e. The van der Waals surface area contributed by atoms with Gasteiger partial charge in [0.15, 0.2) is 5.75 Å². The van der Waals surface area contributed by atoms with Crippen LogP contribution in [-0.2, 0) is 0 Å². The van der Waals surface area contributed by atoms with Crippen LogP contribution >= 0.6 is 0 Å². The van der Waals surface area contributed by atoms with Crippen molar-refractivity contribution < 1.29 is 14.6 Å². The van der Waals surface area contributed by atoms with Crippen molar-refractivity contribution in [2.45, 2.75) is 32.6 Å². The number of benzene rings is 1. The molecule has 0 radical (unpaired) electrons. The van der Waals surface area contributed by atoms with Crippen molar-refractivity contribution in [2.24, 2.45) is 0 Å². The lowest BCUT2D eigenvalue weighted by molar-refractivity contribution is 0.305. The topological polar surface area (TPSA) is 71.5 Å². The number of pyridine rings is 1. The van der Waals surface area contributed by atoms with Crippen molar-refractivity contribution >= 4 is 10.9 Å². The molecule has 0 aliphatic rings. The van der Waals surface area contributed by atoms with Gasteiger partial charge in [-0.15, -0.1) is 0 Å². The van der Waals surface area contributed by atoms with Gasteiger partial charge >= 0.3 is 0 Å². The zero-order valence-electron chi connectivity index (χ0n) is 12.4. The minimum absolute atomic E-state index is 0.0734. The van der Waals surface area contributed by atoms with Crippen LogP contribution in [-0.4, -0.2) is 23.8 Å². The summed E-state index contributed by atoms with van der Waals surface area (Å²) in [6.07, 6.45) is 4.57. The number of unbranched alkanes of at least 4 members (excludes halogenated alkanes) is 3. The number of rotatable bonds is 7. The molecule has 0 saturated carbocycles. The second-order valence-corrected chi connectivity index (χ2v) is 4.95. The highest BCUT2D eigenvalue weighted by Crippen LogP contribution is 2.31. The summed E-state index contributed by atoms with van der Waals surface area (Å²) in [5.41, 5.74) is 0.0759. The summed E-state index contributed by atoms with van der Waals surface area (Å²) in [6.45, 7) is 2.82. The highest BCUT2D eigenvalue weighted by Gasteiger charge is 2.12. The lowest BCUT2D eigenvalue weighted by Gasteiger charge is -2.09. The van der Waals surface area contributed by atoms with E-state index in [1.165, 1.54) is 20.0 Å². The van der Waals surface area contributed by atoms with E-state index in [2.05, 4.69) is 11.9 Å². The summed E-state index contributed by atoms with van der Waals surface area (Å²) in [5, 5.41) is 10.5. The van der Waals surface area contributed by atoms with Crippen molar-refractivity contribution in [3.8, 4) is 17.2 Å². The molecule has 114 valence electrons. The van der Waals surface area contributed by atoms with Gasteiger partial charge in [0.05, 0.1) is 19.2 Å². The molecule has 5 nitrogen and oxygen atoms in total. The monoisotopic (exact) mass is 291 g/mol. The number of hydrogen-bond donors (Lipinski definition) is 2. The molecule has 5 heteroatoms. The summed E-state index contributed by atoms with van der Waals surface area (Å²) in [4.78, 5) is 14.4. The van der Waals surface area contributed by atoms with Gasteiger partial charge in [-0.2, -0.15) is 0 Å². The van der Waals surface area contributed by atoms with E-state index >= 15 is 0 Å². The molecule has 0 saturated heterocycles. The lowest BCUT2D eigenvalue weighted by atomic mass is 10.2. The van der Waals surface area contributed by atoms with Crippen LogP contribution in [0.15, 0.2) is 23.0 Å². The molecule has 1 aromatic carbocycles. The van der Waals surface area contributed by atoms with Crippen molar-refractivity contribution in [3.05, 3.63) is 28.6 Å². The zero-order valence-corrected chi connectivity index (χ0v) is 12.4. The fourth-order valence-corrected chi connectivity index (χ4v) is 2.24. The first kappa shape index (κ1) is 15.2. The van der Waals surface area contributed by atoms with Crippen LogP contribution in [0.4, 0.5) is 0 Å². The number of hydrogen-bond acceptors (Lipinski definition) is 4. The molecule has 2 aromatic rings. The Kier molecular flexibility index (Phi) is 5.09. The van der Waals surface area contributed by atoms with Gasteiger partial charge in [-0.1, -0.05) is 26.2 Å². The fourth-order valence-electron chi connectivity index (χ4n) is 2.24. The Bertz CT molecular complexity index is 663. The SMILES string of the molecule is CCCCCCOc1ccc2c(O)c(OC)c(=O)[nH]c2c1. The molecular formula is C16H21NO4. The Morgan fingerprint density at radius 3 is 2.76 bits per heavy atom. The Morgan fingerprint density at radius 2 is 2.05 bits per heavy atom. The van der Waals surface area contributed by atoms with Crippen molar-refractivity contribution in [3.63, 3.8) is 0 Å². The molecule has 0 bridgehead atoms. The maximum absolute atomic E-state index is 11.7. The predicted molar refractivity (Wildman–Crippen MR) is 82.4 cm³/mol. The normalized spacial score (nSPS) is 10.8. The van der Waals surface area contributed by atoms with E-state index in [-0.39, 0.29) is 11.5 Å². The molecule has 2 rings (SSSR count). The van der Waals surface area contributed by atoms with Crippen molar-refractivity contribution in [1.29, 1.82) is 0 Å². The van der Waals surface area contributed by atoms with Gasteiger partial charge < -0.3 is 19.6 Å². The van der Waals surface area contributed by atoms with Crippen LogP contribution in [0.3, 0.4) is 0 Å². The smallest absolute Gasteiger partial charge is 0.294 e. The first-order valence-electron chi connectivity index (χ1n) is 7.23. The Balaban J connectivity index is 2.17. The summed E-state index contributed by atoms with van der Waals surface area (Å²) in [6, 6.07) is 5.21. The zero-order chi connectivity index (χ0) is 15.2. The van der Waals surface area contributed by atoms with E-state index in [1.54, 1.807) is 18.2 Å². The maximum atomic E-state index is 11.7. The average Bonchev–Trinajstić information content (AvgIpc) is 2.47. The number of fused-ring (bicyclic) bond motifs is 1. The highest BCUT2D eigenvalue weighted by atomic mass is 16.5. The van der Waals surface area contributed by atoms with Crippen LogP contribution in [0.2, 0.25) is 0 Å². The molecule has 1 aromatic heterocycles. The third-order valence-electron chi connectivity index (χ3n) is 3.39. The Morgan fingerprint density at radius 1 is 1.24 bits per heavy atom. The number of aromatic hydroxyl groups is 1. The quantitative estimate of drug-likeness (QED) is 0.768. The first-order chi connectivity index (χ1) is 10.2. The highest BCUT2D eigenvalue weighted by molar-refractivity contribution is 5.87. The second-order valence-electron chi connectivity index (χ2n) is 4.95. The maximum Gasteiger partial charge on any atom is 0.294 e. The van der Waals surface area contributed by atoms with Crippen LogP contribution in [0, 0.1) is 0 Å². The first-order valence-corrected chi connectivity index (χ1v) is 7.23. The van der Waals surface area contributed by atoms with Gasteiger partial charge in [-0.25, -0.2) is 0 Å². The molecule has 0 atom stereocenters. The molecule has 0 aliphatic heterocycles. The number of nitrogens with one attached hydrogen (secondary N) is 1.